The molecule has 2 aromatic heterocycles. The fraction of sp³-hybridized carbons (Fsp3) is 0.160. The van der Waals surface area contributed by atoms with Crippen molar-refractivity contribution in [2.24, 2.45) is 0 Å². The molecule has 0 radical (unpaired) electrons. The summed E-state index contributed by atoms with van der Waals surface area (Å²) in [5.74, 6) is 2.39. The number of para-hydroxylation sites is 2. The Bertz CT molecular complexity index is 1360. The maximum atomic E-state index is 5.42. The van der Waals surface area contributed by atoms with E-state index in [4.69, 9.17) is 14.5 Å². The van der Waals surface area contributed by atoms with E-state index in [-0.39, 0.29) is 12.4 Å². The van der Waals surface area contributed by atoms with Gasteiger partial charge in [-0.2, -0.15) is 0 Å². The molecule has 0 fully saturated rings. The molecule has 2 heterocycles. The van der Waals surface area contributed by atoms with Gasteiger partial charge in [0.15, 0.2) is 11.5 Å². The minimum Gasteiger partial charge on any atom is -0.493 e. The highest BCUT2D eigenvalue weighted by Crippen LogP contribution is 2.35. The van der Waals surface area contributed by atoms with Crippen LogP contribution in [0, 0.1) is 0 Å². The number of aromatic amines is 1. The average Bonchev–Trinajstić information content (AvgIpc) is 3.19. The Morgan fingerprint density at radius 2 is 1.61 bits per heavy atom. The van der Waals surface area contributed by atoms with E-state index in [1.165, 1.54) is 10.9 Å². The third kappa shape index (κ3) is 3.73. The molecule has 5 nitrogen and oxygen atoms in total. The summed E-state index contributed by atoms with van der Waals surface area (Å²) in [4.78, 5) is 8.53. The molecule has 31 heavy (non-hydrogen) atoms. The molecule has 0 spiro atoms. The number of aromatic nitrogens is 2. The molecule has 158 valence electrons. The second kappa shape index (κ2) is 8.74. The maximum absolute atomic E-state index is 5.42. The van der Waals surface area contributed by atoms with Crippen LogP contribution in [-0.4, -0.2) is 30.7 Å². The minimum absolute atomic E-state index is 0. The zero-order valence-corrected chi connectivity index (χ0v) is 18.3. The van der Waals surface area contributed by atoms with Crippen LogP contribution in [0.2, 0.25) is 0 Å². The van der Waals surface area contributed by atoms with Crippen LogP contribution < -0.4 is 14.8 Å². The number of ether oxygens (including phenoxy) is 2. The number of benzene rings is 3. The second-order valence-electron chi connectivity index (χ2n) is 7.26. The van der Waals surface area contributed by atoms with Crippen molar-refractivity contribution in [3.8, 4) is 11.5 Å². The van der Waals surface area contributed by atoms with Crippen molar-refractivity contribution in [2.75, 3.05) is 26.1 Å². The van der Waals surface area contributed by atoms with Gasteiger partial charge in [0.1, 0.15) is 5.82 Å². The summed E-state index contributed by atoms with van der Waals surface area (Å²) in [6, 6.07) is 22.7. The Morgan fingerprint density at radius 1 is 0.871 bits per heavy atom. The molecule has 5 rings (SSSR count). The van der Waals surface area contributed by atoms with Gasteiger partial charge in [-0.25, -0.2) is 4.98 Å². The van der Waals surface area contributed by atoms with E-state index < -0.39 is 0 Å². The number of pyridine rings is 1. The van der Waals surface area contributed by atoms with E-state index in [0.717, 1.165) is 57.6 Å². The average molecular weight is 434 g/mol. The van der Waals surface area contributed by atoms with Crippen molar-refractivity contribution in [1.82, 2.24) is 9.97 Å². The summed E-state index contributed by atoms with van der Waals surface area (Å²) in [6.07, 6.45) is 0.846. The van der Waals surface area contributed by atoms with Crippen molar-refractivity contribution in [3.05, 3.63) is 72.3 Å². The Hall–Kier alpha value is -3.44. The standard InChI is InChI=1S/C25H23N3O2.ClH/c1-29-21-12-11-16(15-22(21)30-2)13-14-26-25-23-17-7-3-5-9-19(17)27-24(23)18-8-4-6-10-20(18)28-25;/h3-12,15,27H,13-14H2,1-2H3,(H,26,28);1H. The van der Waals surface area contributed by atoms with Crippen molar-refractivity contribution in [3.63, 3.8) is 0 Å². The van der Waals surface area contributed by atoms with Crippen LogP contribution in [0.3, 0.4) is 0 Å². The number of rotatable bonds is 6. The highest BCUT2D eigenvalue weighted by molar-refractivity contribution is 6.20. The minimum atomic E-state index is 0. The first-order valence-corrected chi connectivity index (χ1v) is 10.0. The van der Waals surface area contributed by atoms with Gasteiger partial charge < -0.3 is 19.8 Å². The number of H-pyrrole nitrogens is 1. The van der Waals surface area contributed by atoms with Gasteiger partial charge in [-0.15, -0.1) is 12.4 Å². The topological polar surface area (TPSA) is 59.2 Å². The lowest BCUT2D eigenvalue weighted by molar-refractivity contribution is 0.354. The molecule has 5 aromatic rings. The van der Waals surface area contributed by atoms with Crippen LogP contribution in [0.1, 0.15) is 5.56 Å². The molecule has 0 aliphatic carbocycles. The largest absolute Gasteiger partial charge is 0.493 e. The van der Waals surface area contributed by atoms with Crippen LogP contribution in [0.5, 0.6) is 11.5 Å². The van der Waals surface area contributed by atoms with Gasteiger partial charge in [-0.3, -0.25) is 0 Å². The predicted octanol–water partition coefficient (Wildman–Crippen LogP) is 5.96. The molecule has 0 saturated heterocycles. The normalized spacial score (nSPS) is 10.9. The Kier molecular flexibility index (Phi) is 5.87. The highest BCUT2D eigenvalue weighted by Gasteiger charge is 2.14. The van der Waals surface area contributed by atoms with Crippen molar-refractivity contribution in [1.29, 1.82) is 0 Å². The molecule has 0 aliphatic heterocycles. The summed E-state index contributed by atoms with van der Waals surface area (Å²) < 4.78 is 10.8. The number of nitrogens with one attached hydrogen (secondary N) is 2. The molecular formula is C25H24ClN3O2. The fourth-order valence-corrected chi connectivity index (χ4v) is 4.04. The van der Waals surface area contributed by atoms with E-state index in [9.17, 15) is 0 Å². The molecule has 2 N–H and O–H groups in total. The summed E-state index contributed by atoms with van der Waals surface area (Å²) in [5.41, 5.74) is 4.39. The third-order valence-electron chi connectivity index (χ3n) is 5.50. The van der Waals surface area contributed by atoms with Gasteiger partial charge in [0.05, 0.1) is 30.6 Å². The van der Waals surface area contributed by atoms with Gasteiger partial charge >= 0.3 is 0 Å². The SMILES string of the molecule is COc1ccc(CCNc2nc3ccccc3c3[nH]c4ccccc4c23)cc1OC.Cl. The molecule has 0 unspecified atom stereocenters. The number of hydrogen-bond acceptors (Lipinski definition) is 4. The van der Waals surface area contributed by atoms with Gasteiger partial charge in [-0.05, 0) is 36.2 Å². The second-order valence-corrected chi connectivity index (χ2v) is 7.26. The van der Waals surface area contributed by atoms with Crippen LogP contribution in [0.25, 0.3) is 32.7 Å². The predicted molar refractivity (Wildman–Crippen MR) is 130 cm³/mol. The number of methoxy groups -OCH3 is 2. The van der Waals surface area contributed by atoms with Crippen LogP contribution in [-0.2, 0) is 6.42 Å². The fourth-order valence-electron chi connectivity index (χ4n) is 4.04. The number of halogens is 1. The van der Waals surface area contributed by atoms with Crippen molar-refractivity contribution >= 4 is 50.9 Å². The van der Waals surface area contributed by atoms with Crippen LogP contribution >= 0.6 is 12.4 Å². The summed E-state index contributed by atoms with van der Waals surface area (Å²) in [6.45, 7) is 0.759. The smallest absolute Gasteiger partial charge is 0.160 e. The number of anilines is 1. The van der Waals surface area contributed by atoms with Crippen molar-refractivity contribution < 1.29 is 9.47 Å². The maximum Gasteiger partial charge on any atom is 0.160 e. The lowest BCUT2D eigenvalue weighted by Gasteiger charge is -2.12. The van der Waals surface area contributed by atoms with Gasteiger partial charge in [0.25, 0.3) is 0 Å². The van der Waals surface area contributed by atoms with Gasteiger partial charge in [-0.1, -0.05) is 42.5 Å². The molecule has 0 amide bonds. The Balaban J connectivity index is 0.00000231. The van der Waals surface area contributed by atoms with Crippen LogP contribution in [0.15, 0.2) is 66.7 Å². The zero-order chi connectivity index (χ0) is 20.5. The quantitative estimate of drug-likeness (QED) is 0.346. The summed E-state index contributed by atoms with van der Waals surface area (Å²) in [7, 11) is 3.31. The Morgan fingerprint density at radius 3 is 2.42 bits per heavy atom. The van der Waals surface area contributed by atoms with E-state index in [1.54, 1.807) is 14.2 Å². The first-order valence-electron chi connectivity index (χ1n) is 10.0. The zero-order valence-electron chi connectivity index (χ0n) is 17.4. The first-order chi connectivity index (χ1) is 14.8. The monoisotopic (exact) mass is 433 g/mol. The first kappa shape index (κ1) is 20.8. The molecule has 0 bridgehead atoms. The van der Waals surface area contributed by atoms with E-state index >= 15 is 0 Å². The van der Waals surface area contributed by atoms with E-state index in [2.05, 4.69) is 58.8 Å². The van der Waals surface area contributed by atoms with Gasteiger partial charge in [0, 0.05) is 22.8 Å². The van der Waals surface area contributed by atoms with Crippen LogP contribution in [0.4, 0.5) is 5.82 Å². The lowest BCUT2D eigenvalue weighted by Crippen LogP contribution is -2.07. The Labute approximate surface area is 186 Å². The molecule has 0 aliphatic rings. The summed E-state index contributed by atoms with van der Waals surface area (Å²) in [5, 5.41) is 7.02. The van der Waals surface area contributed by atoms with E-state index in [1.807, 2.05) is 18.2 Å². The molecule has 3 aromatic carbocycles. The third-order valence-corrected chi connectivity index (χ3v) is 5.50. The molecular weight excluding hydrogens is 410 g/mol. The molecule has 0 saturated carbocycles. The number of nitrogens with zero attached hydrogens (tertiary/aromatic N) is 1. The molecule has 6 heteroatoms. The van der Waals surface area contributed by atoms with Gasteiger partial charge in [0.2, 0.25) is 0 Å². The molecule has 0 atom stereocenters. The highest BCUT2D eigenvalue weighted by atomic mass is 35.5. The summed E-state index contributed by atoms with van der Waals surface area (Å²) >= 11 is 0. The van der Waals surface area contributed by atoms with E-state index in [0.29, 0.717) is 0 Å². The number of hydrogen-bond donors (Lipinski definition) is 2. The van der Waals surface area contributed by atoms with Crippen molar-refractivity contribution in [2.45, 2.75) is 6.42 Å². The number of fused-ring (bicyclic) bond motifs is 5. The lowest BCUT2D eigenvalue weighted by atomic mass is 10.1.